The lowest BCUT2D eigenvalue weighted by atomic mass is 10.0. The van der Waals surface area contributed by atoms with Crippen LogP contribution in [0.15, 0.2) is 24.4 Å². The number of hydrogen-bond acceptors (Lipinski definition) is 3. The van der Waals surface area contributed by atoms with Crippen LogP contribution in [0.25, 0.3) is 0 Å². The highest BCUT2D eigenvalue weighted by molar-refractivity contribution is 7.98. The molecule has 0 saturated carbocycles. The fraction of sp³-hybridized carbons (Fsp3) is 0.455. The van der Waals surface area contributed by atoms with Crippen LogP contribution in [0.5, 0.6) is 0 Å². The summed E-state index contributed by atoms with van der Waals surface area (Å²) in [5.41, 5.74) is -0.426. The summed E-state index contributed by atoms with van der Waals surface area (Å²) >= 11 is 5.18. The summed E-state index contributed by atoms with van der Waals surface area (Å²) in [4.78, 5) is 4.10. The van der Waals surface area contributed by atoms with Crippen LogP contribution < -0.4 is 10.6 Å². The zero-order valence-corrected chi connectivity index (χ0v) is 11.7. The second-order valence-corrected chi connectivity index (χ2v) is 7.38. The van der Waals surface area contributed by atoms with E-state index in [0.717, 1.165) is 0 Å². The molecule has 1 unspecified atom stereocenters. The molecule has 1 aromatic heterocycles. The van der Waals surface area contributed by atoms with Crippen molar-refractivity contribution in [2.75, 3.05) is 16.8 Å². The van der Waals surface area contributed by atoms with Gasteiger partial charge in [-0.1, -0.05) is 10.3 Å². The highest BCUT2D eigenvalue weighted by Gasteiger charge is 2.47. The molecule has 0 spiro atoms. The number of rotatable bonds is 2. The second-order valence-electron chi connectivity index (χ2n) is 4.73. The van der Waals surface area contributed by atoms with Crippen LogP contribution in [0.4, 0.5) is 5.82 Å². The van der Waals surface area contributed by atoms with Gasteiger partial charge in [0.2, 0.25) is 10.2 Å². The van der Waals surface area contributed by atoms with Crippen molar-refractivity contribution in [3.05, 3.63) is 24.4 Å². The Morgan fingerprint density at radius 1 is 1.61 bits per heavy atom. The number of nitrogens with one attached hydrogen (secondary N) is 2. The van der Waals surface area contributed by atoms with Gasteiger partial charge in [-0.3, -0.25) is 0 Å². The molecule has 5 nitrogen and oxygen atoms in total. The zero-order valence-electron chi connectivity index (χ0n) is 10.0. The number of nitrogens with zero attached hydrogens (tertiary/aromatic N) is 1. The maximum Gasteiger partial charge on any atom is 0.216 e. The molecule has 0 aliphatic carbocycles. The normalized spacial score (nSPS) is 31.0. The standard InChI is InChI=1S/C11H15N3O2S2/c1-11(5-7-18(15,16)8-11)14-10(17)13-9-4-2-3-6-12-9/h2-4,6H,5,7-8H2,1H3,(H2-,12,13,14,15,16,17)/p+1/t11-/m1/s1. The van der Waals surface area contributed by atoms with E-state index in [1.165, 1.54) is 0 Å². The predicted octanol–water partition coefficient (Wildman–Crippen LogP) is 1.50. The smallest absolute Gasteiger partial charge is 0.216 e. The summed E-state index contributed by atoms with van der Waals surface area (Å²) < 4.78 is 21.1. The topological polar surface area (TPSA) is 74.2 Å². The third kappa shape index (κ3) is 3.47. The monoisotopic (exact) mass is 286 g/mol. The first kappa shape index (κ1) is 13.4. The summed E-state index contributed by atoms with van der Waals surface area (Å²) in [5, 5.41) is 6.48. The van der Waals surface area contributed by atoms with Crippen molar-refractivity contribution in [3.8, 4) is 0 Å². The minimum atomic E-state index is -2.69. The summed E-state index contributed by atoms with van der Waals surface area (Å²) in [7, 11) is -2.69. The molecule has 98 valence electrons. The molecule has 1 aromatic rings. The van der Waals surface area contributed by atoms with E-state index in [1.807, 2.05) is 19.1 Å². The van der Waals surface area contributed by atoms with Gasteiger partial charge in [-0.2, -0.15) is 4.55 Å². The van der Waals surface area contributed by atoms with Crippen molar-refractivity contribution >= 4 is 33.4 Å². The van der Waals surface area contributed by atoms with E-state index in [-0.39, 0.29) is 5.75 Å². The number of pyridine rings is 1. The molecule has 3 N–H and O–H groups in total. The van der Waals surface area contributed by atoms with Crippen LogP contribution >= 0.6 is 12.2 Å². The van der Waals surface area contributed by atoms with Crippen molar-refractivity contribution in [3.63, 3.8) is 0 Å². The maximum atomic E-state index is 11.6. The lowest BCUT2D eigenvalue weighted by Gasteiger charge is -2.23. The van der Waals surface area contributed by atoms with Crippen LogP contribution in [0.3, 0.4) is 0 Å². The second kappa shape index (κ2) is 4.91. The molecule has 0 amide bonds. The third-order valence-electron chi connectivity index (χ3n) is 2.84. The van der Waals surface area contributed by atoms with E-state index >= 15 is 0 Å². The Hall–Kier alpha value is -1.05. The molecule has 0 radical (unpaired) electrons. The summed E-state index contributed by atoms with van der Waals surface area (Å²) in [5.74, 6) is 1.20. The maximum absolute atomic E-state index is 11.6. The molecule has 0 aromatic carbocycles. The van der Waals surface area contributed by atoms with Crippen molar-refractivity contribution in [1.82, 2.24) is 10.3 Å². The van der Waals surface area contributed by atoms with Crippen LogP contribution in [-0.4, -0.2) is 31.7 Å². The molecular formula is C11H16N3O2S2+. The summed E-state index contributed by atoms with van der Waals surface area (Å²) in [6.45, 7) is 1.91. The molecule has 2 atom stereocenters. The van der Waals surface area contributed by atoms with E-state index < -0.39 is 15.8 Å². The average Bonchev–Trinajstić information content (AvgIpc) is 2.53. The van der Waals surface area contributed by atoms with Gasteiger partial charge in [-0.25, -0.2) is 4.98 Å². The molecule has 1 aliphatic rings. The van der Waals surface area contributed by atoms with Crippen molar-refractivity contribution in [2.24, 2.45) is 0 Å². The predicted molar refractivity (Wildman–Crippen MR) is 77.0 cm³/mol. The number of thiocarbonyl (C=S) groups is 1. The highest BCUT2D eigenvalue weighted by atomic mass is 32.3. The van der Waals surface area contributed by atoms with E-state index in [1.54, 1.807) is 12.3 Å². The van der Waals surface area contributed by atoms with Gasteiger partial charge >= 0.3 is 0 Å². The Balaban J connectivity index is 1.94. The molecule has 2 rings (SSSR count). The fourth-order valence-corrected chi connectivity index (χ4v) is 4.46. The Kier molecular flexibility index (Phi) is 3.65. The minimum Gasteiger partial charge on any atom is -0.352 e. The first-order valence-electron chi connectivity index (χ1n) is 5.61. The SMILES string of the molecule is C[C@@]1(NC(=S)Nc2ccccn2)CC[S+](=O)(O)C1. The third-order valence-corrected chi connectivity index (χ3v) is 4.97. The van der Waals surface area contributed by atoms with Gasteiger partial charge in [0, 0.05) is 12.6 Å². The number of hydrogen-bond donors (Lipinski definition) is 3. The van der Waals surface area contributed by atoms with Gasteiger partial charge in [-0.05, 0) is 31.3 Å². The molecule has 2 heterocycles. The van der Waals surface area contributed by atoms with Crippen molar-refractivity contribution < 1.29 is 8.76 Å². The molecule has 1 aliphatic heterocycles. The van der Waals surface area contributed by atoms with Crippen LogP contribution in [0.1, 0.15) is 13.3 Å². The van der Waals surface area contributed by atoms with Gasteiger partial charge in [0.25, 0.3) is 0 Å². The molecular weight excluding hydrogens is 270 g/mol. The molecule has 18 heavy (non-hydrogen) atoms. The molecule has 1 fully saturated rings. The Bertz CT molecular complexity index is 494. The van der Waals surface area contributed by atoms with Gasteiger partial charge in [0.05, 0.1) is 5.54 Å². The molecule has 0 bridgehead atoms. The zero-order chi connectivity index (χ0) is 13.2. The van der Waals surface area contributed by atoms with E-state index in [0.29, 0.717) is 23.1 Å². The van der Waals surface area contributed by atoms with Crippen LogP contribution in [0.2, 0.25) is 0 Å². The lowest BCUT2D eigenvalue weighted by Crippen LogP contribution is -2.49. The first-order valence-corrected chi connectivity index (χ1v) is 7.87. The van der Waals surface area contributed by atoms with Gasteiger partial charge in [-0.15, -0.1) is 0 Å². The van der Waals surface area contributed by atoms with Crippen LogP contribution in [0, 0.1) is 0 Å². The average molecular weight is 286 g/mol. The Morgan fingerprint density at radius 3 is 2.94 bits per heavy atom. The largest absolute Gasteiger partial charge is 0.352 e. The van der Waals surface area contributed by atoms with Crippen LogP contribution in [-0.2, 0) is 14.4 Å². The fourth-order valence-electron chi connectivity index (χ4n) is 1.98. The van der Waals surface area contributed by atoms with E-state index in [2.05, 4.69) is 15.6 Å². The Labute approximate surface area is 113 Å². The lowest BCUT2D eigenvalue weighted by molar-refractivity contribution is 0.466. The first-order chi connectivity index (χ1) is 8.39. The van der Waals surface area contributed by atoms with Gasteiger partial charge in [0.15, 0.2) is 10.9 Å². The van der Waals surface area contributed by atoms with E-state index in [9.17, 15) is 8.76 Å². The summed E-state index contributed by atoms with van der Waals surface area (Å²) in [6.07, 6.45) is 2.30. The molecule has 7 heteroatoms. The van der Waals surface area contributed by atoms with Gasteiger partial charge < -0.3 is 10.6 Å². The van der Waals surface area contributed by atoms with E-state index in [4.69, 9.17) is 12.2 Å². The van der Waals surface area contributed by atoms with Crippen molar-refractivity contribution in [2.45, 2.75) is 18.9 Å². The number of anilines is 1. The Morgan fingerprint density at radius 2 is 2.39 bits per heavy atom. The highest BCUT2D eigenvalue weighted by Crippen LogP contribution is 2.26. The number of aromatic nitrogens is 1. The quantitative estimate of drug-likeness (QED) is 0.565. The van der Waals surface area contributed by atoms with Crippen molar-refractivity contribution in [1.29, 1.82) is 0 Å². The molecule has 1 saturated heterocycles. The summed E-state index contributed by atoms with van der Waals surface area (Å²) in [6, 6.07) is 5.48. The van der Waals surface area contributed by atoms with Gasteiger partial charge in [0.1, 0.15) is 11.6 Å². The minimum absolute atomic E-state index is 0.226.